The summed E-state index contributed by atoms with van der Waals surface area (Å²) in [7, 11) is 0. The fourth-order valence-corrected chi connectivity index (χ4v) is 0.814. The van der Waals surface area contributed by atoms with Crippen molar-refractivity contribution in [2.24, 2.45) is 0 Å². The van der Waals surface area contributed by atoms with E-state index in [0.717, 1.165) is 0 Å². The summed E-state index contributed by atoms with van der Waals surface area (Å²) in [6, 6.07) is 6.14. The molecule has 0 saturated carbocycles. The molecule has 1 aromatic rings. The van der Waals surface area contributed by atoms with Gasteiger partial charge in [-0.1, -0.05) is 17.8 Å². The quantitative estimate of drug-likeness (QED) is 0.489. The predicted molar refractivity (Wildman–Crippen MR) is 49.1 cm³/mol. The van der Waals surface area contributed by atoms with E-state index in [-0.39, 0.29) is 0 Å². The van der Waals surface area contributed by atoms with E-state index < -0.39 is 0 Å². The highest BCUT2D eigenvalue weighted by atomic mass is 14.0. The van der Waals surface area contributed by atoms with Gasteiger partial charge < -0.3 is 0 Å². The monoisotopic (exact) mass is 149 g/mol. The number of hydrogen-bond donors (Lipinski definition) is 0. The molecule has 0 nitrogen and oxygen atoms in total. The summed E-state index contributed by atoms with van der Waals surface area (Å²) in [5.41, 5.74) is 1.92. The second-order valence-electron chi connectivity index (χ2n) is 2.11. The Morgan fingerprint density at radius 1 is 1.00 bits per heavy atom. The van der Waals surface area contributed by atoms with Crippen LogP contribution in [0, 0.1) is 43.1 Å². The lowest BCUT2D eigenvalue weighted by molar-refractivity contribution is 1.54. The van der Waals surface area contributed by atoms with Crippen LogP contribution < -0.4 is 0 Å². The van der Waals surface area contributed by atoms with E-state index in [1.807, 2.05) is 0 Å². The van der Waals surface area contributed by atoms with E-state index >= 15 is 0 Å². The van der Waals surface area contributed by atoms with Crippen molar-refractivity contribution in [3.8, 4) is 37.0 Å². The van der Waals surface area contributed by atoms with E-state index in [2.05, 4.69) is 23.8 Å². The molecule has 0 saturated heterocycles. The molecule has 53 valence electrons. The molecule has 0 heteroatoms. The molecular weight excluding hydrogens is 144 g/mol. The van der Waals surface area contributed by atoms with E-state index in [9.17, 15) is 0 Å². The minimum Gasteiger partial charge on any atom is -0.115 e. The first-order chi connectivity index (χ1) is 5.81. The molecule has 0 fully saturated rings. The SMILES string of the molecule is C#Cc1[c]cc(C#C)c(C#C)c1. The Kier molecular flexibility index (Phi) is 2.23. The highest BCUT2D eigenvalue weighted by Crippen LogP contribution is 2.08. The van der Waals surface area contributed by atoms with Crippen LogP contribution in [-0.2, 0) is 0 Å². The Morgan fingerprint density at radius 2 is 1.67 bits per heavy atom. The lowest BCUT2D eigenvalue weighted by Gasteiger charge is -1.96. The molecule has 0 aliphatic rings. The fraction of sp³-hybridized carbons (Fsp3) is 0. The maximum Gasteiger partial charge on any atom is 0.0411 e. The number of hydrogen-bond acceptors (Lipinski definition) is 0. The second kappa shape index (κ2) is 3.34. The Hall–Kier alpha value is -2.10. The van der Waals surface area contributed by atoms with Gasteiger partial charge in [0.15, 0.2) is 0 Å². The number of benzene rings is 1. The zero-order valence-electron chi connectivity index (χ0n) is 6.39. The first-order valence-corrected chi connectivity index (χ1v) is 3.27. The highest BCUT2D eigenvalue weighted by Gasteiger charge is 1.97. The van der Waals surface area contributed by atoms with Crippen LogP contribution in [0.4, 0.5) is 0 Å². The van der Waals surface area contributed by atoms with Crippen molar-refractivity contribution >= 4 is 0 Å². The summed E-state index contributed by atoms with van der Waals surface area (Å²) >= 11 is 0. The topological polar surface area (TPSA) is 0 Å². The molecule has 0 amide bonds. The third kappa shape index (κ3) is 1.32. The lowest BCUT2D eigenvalue weighted by Crippen LogP contribution is -1.85. The van der Waals surface area contributed by atoms with Gasteiger partial charge in [0.2, 0.25) is 0 Å². The van der Waals surface area contributed by atoms with Crippen molar-refractivity contribution in [1.29, 1.82) is 0 Å². The van der Waals surface area contributed by atoms with Gasteiger partial charge in [0.05, 0.1) is 0 Å². The molecule has 0 atom stereocenters. The van der Waals surface area contributed by atoms with Gasteiger partial charge in [-0.05, 0) is 18.2 Å². The number of rotatable bonds is 0. The molecule has 1 rings (SSSR count). The van der Waals surface area contributed by atoms with Gasteiger partial charge in [-0.2, -0.15) is 0 Å². The van der Waals surface area contributed by atoms with Gasteiger partial charge >= 0.3 is 0 Å². The molecule has 0 bridgehead atoms. The summed E-state index contributed by atoms with van der Waals surface area (Å²) in [6.07, 6.45) is 15.6. The average Bonchev–Trinajstić information content (AvgIpc) is 2.16. The largest absolute Gasteiger partial charge is 0.115 e. The van der Waals surface area contributed by atoms with Gasteiger partial charge in [0.25, 0.3) is 0 Å². The fourth-order valence-electron chi connectivity index (χ4n) is 0.814. The van der Waals surface area contributed by atoms with Gasteiger partial charge in [-0.25, -0.2) is 0 Å². The first kappa shape index (κ1) is 8.00. The summed E-state index contributed by atoms with van der Waals surface area (Å²) in [5.74, 6) is 7.35. The minimum atomic E-state index is 0.627. The Balaban J connectivity index is 3.37. The Bertz CT molecular complexity index is 417. The summed E-state index contributed by atoms with van der Waals surface area (Å²) in [5, 5.41) is 0. The smallest absolute Gasteiger partial charge is 0.0411 e. The molecule has 0 unspecified atom stereocenters. The zero-order chi connectivity index (χ0) is 8.97. The molecule has 0 N–H and O–H groups in total. The van der Waals surface area contributed by atoms with Gasteiger partial charge in [-0.15, -0.1) is 19.3 Å². The van der Waals surface area contributed by atoms with Crippen LogP contribution in [-0.4, -0.2) is 0 Å². The molecule has 0 aliphatic carbocycles. The minimum absolute atomic E-state index is 0.627. The molecular formula is C12H5. The van der Waals surface area contributed by atoms with Gasteiger partial charge in [0.1, 0.15) is 0 Å². The third-order valence-electron chi connectivity index (χ3n) is 1.42. The molecule has 0 aromatic heterocycles. The Morgan fingerprint density at radius 3 is 2.17 bits per heavy atom. The normalized spacial score (nSPS) is 7.75. The lowest BCUT2D eigenvalue weighted by atomic mass is 10.1. The number of terminal acetylenes is 3. The summed E-state index contributed by atoms with van der Waals surface area (Å²) < 4.78 is 0. The van der Waals surface area contributed by atoms with E-state index in [1.165, 1.54) is 0 Å². The standard InChI is InChI=1S/C12H5/c1-4-10-7-8-11(5-2)12(6-3)9-10/h1-3,8-9H. The van der Waals surface area contributed by atoms with Crippen molar-refractivity contribution in [2.75, 3.05) is 0 Å². The first-order valence-electron chi connectivity index (χ1n) is 3.27. The highest BCUT2D eigenvalue weighted by molar-refractivity contribution is 5.52. The summed E-state index contributed by atoms with van der Waals surface area (Å²) in [4.78, 5) is 0. The van der Waals surface area contributed by atoms with Crippen molar-refractivity contribution in [1.82, 2.24) is 0 Å². The van der Waals surface area contributed by atoms with Gasteiger partial charge in [-0.3, -0.25) is 0 Å². The molecule has 1 aromatic carbocycles. The Labute approximate surface area is 72.6 Å². The second-order valence-corrected chi connectivity index (χ2v) is 2.11. The molecule has 0 spiro atoms. The van der Waals surface area contributed by atoms with Crippen LogP contribution >= 0.6 is 0 Å². The average molecular weight is 149 g/mol. The van der Waals surface area contributed by atoms with Crippen molar-refractivity contribution in [3.05, 3.63) is 34.9 Å². The zero-order valence-corrected chi connectivity index (χ0v) is 6.39. The van der Waals surface area contributed by atoms with Crippen LogP contribution in [0.25, 0.3) is 0 Å². The van der Waals surface area contributed by atoms with Crippen molar-refractivity contribution < 1.29 is 0 Å². The summed E-state index contributed by atoms with van der Waals surface area (Å²) in [6.45, 7) is 0. The van der Waals surface area contributed by atoms with Gasteiger partial charge in [0, 0.05) is 16.7 Å². The predicted octanol–water partition coefficient (Wildman–Crippen LogP) is 1.43. The van der Waals surface area contributed by atoms with Crippen molar-refractivity contribution in [2.45, 2.75) is 0 Å². The molecule has 0 heterocycles. The maximum atomic E-state index is 5.22. The van der Waals surface area contributed by atoms with E-state index in [1.54, 1.807) is 12.1 Å². The van der Waals surface area contributed by atoms with Crippen LogP contribution in [0.1, 0.15) is 16.7 Å². The third-order valence-corrected chi connectivity index (χ3v) is 1.42. The van der Waals surface area contributed by atoms with E-state index in [4.69, 9.17) is 19.3 Å². The van der Waals surface area contributed by atoms with Crippen molar-refractivity contribution in [3.63, 3.8) is 0 Å². The van der Waals surface area contributed by atoms with Crippen LogP contribution in [0.3, 0.4) is 0 Å². The van der Waals surface area contributed by atoms with Crippen LogP contribution in [0.5, 0.6) is 0 Å². The maximum absolute atomic E-state index is 5.22. The molecule has 12 heavy (non-hydrogen) atoms. The van der Waals surface area contributed by atoms with Crippen LogP contribution in [0.15, 0.2) is 12.1 Å². The molecule has 1 radical (unpaired) electrons. The molecule has 0 aliphatic heterocycles. The van der Waals surface area contributed by atoms with E-state index in [0.29, 0.717) is 16.7 Å². The van der Waals surface area contributed by atoms with Crippen LogP contribution in [0.2, 0.25) is 0 Å².